The molecule has 25 heteroatoms. The summed E-state index contributed by atoms with van der Waals surface area (Å²) in [4.78, 5) is 118. The second-order valence-corrected chi connectivity index (χ2v) is 20.9. The molecule has 6 aromatic rings. The number of amides is 7. The van der Waals surface area contributed by atoms with Crippen molar-refractivity contribution in [3.63, 3.8) is 0 Å². The summed E-state index contributed by atoms with van der Waals surface area (Å²) in [6, 6.07) is 16.0. The maximum Gasteiger partial charge on any atom is 0.325 e. The van der Waals surface area contributed by atoms with Crippen molar-refractivity contribution in [3.8, 4) is 11.1 Å². The molecule has 1 atom stereocenters. The first-order valence-corrected chi connectivity index (χ1v) is 27.7. The van der Waals surface area contributed by atoms with Crippen LogP contribution in [0.15, 0.2) is 67.0 Å². The molecular formula is C57H68FN15O9. The summed E-state index contributed by atoms with van der Waals surface area (Å²) in [6.07, 6.45) is 8.64. The van der Waals surface area contributed by atoms with Crippen molar-refractivity contribution in [1.29, 1.82) is 0 Å². The number of hydrogen-bond donors (Lipinski definition) is 5. The lowest BCUT2D eigenvalue weighted by Gasteiger charge is -2.37. The highest BCUT2D eigenvalue weighted by Gasteiger charge is 2.35. The number of nitrogens with zero attached hydrogens (tertiary/aromatic N) is 10. The fraction of sp³-hybridized carbons (Fsp3) is 0.439. The Morgan fingerprint density at radius 3 is 2.32 bits per heavy atom. The maximum atomic E-state index is 15.8. The molecule has 24 nitrogen and oxygen atoms in total. The number of nitrogens with two attached hydrogens (primary N) is 1. The first kappa shape index (κ1) is 57.6. The molecule has 0 bridgehead atoms. The summed E-state index contributed by atoms with van der Waals surface area (Å²) in [6.45, 7) is 5.22. The maximum absolute atomic E-state index is 15.8. The van der Waals surface area contributed by atoms with Crippen LogP contribution in [0.3, 0.4) is 0 Å². The van der Waals surface area contributed by atoms with Crippen LogP contribution in [0.4, 0.5) is 26.5 Å². The van der Waals surface area contributed by atoms with Crippen molar-refractivity contribution >= 4 is 86.6 Å². The number of carbonyl (C=O) groups is 8. The number of aromatic nitrogens is 6. The molecule has 7 amide bonds. The predicted octanol–water partition coefficient (Wildman–Crippen LogP) is 4.38. The Morgan fingerprint density at radius 2 is 1.57 bits per heavy atom. The number of likely N-dealkylation sites (N-methyl/N-ethyl adjacent to an activating group) is 1. The van der Waals surface area contributed by atoms with Gasteiger partial charge in [-0.3, -0.25) is 38.2 Å². The summed E-state index contributed by atoms with van der Waals surface area (Å²) in [7, 11) is 3.00. The Hall–Kier alpha value is -9.03. The fourth-order valence-electron chi connectivity index (χ4n) is 10.9. The number of benzene rings is 3. The number of methoxy groups -OCH3 is 1. The van der Waals surface area contributed by atoms with Gasteiger partial charge in [-0.25, -0.2) is 23.8 Å². The number of anilines is 3. The van der Waals surface area contributed by atoms with E-state index in [0.717, 1.165) is 54.6 Å². The number of likely N-dealkylation sites (tertiary alicyclic amines) is 1. The molecular weight excluding hydrogens is 1060 g/mol. The Balaban J connectivity index is 0.686. The Bertz CT molecular complexity index is 3390. The number of halogens is 1. The van der Waals surface area contributed by atoms with E-state index in [9.17, 15) is 38.4 Å². The number of urea groups is 1. The zero-order valence-electron chi connectivity index (χ0n) is 46.2. The van der Waals surface area contributed by atoms with Gasteiger partial charge in [-0.15, -0.1) is 0 Å². The average molecular weight is 1130 g/mol. The summed E-state index contributed by atoms with van der Waals surface area (Å²) in [5.41, 5.74) is 9.64. The monoisotopic (exact) mass is 1130 g/mol. The molecule has 0 aliphatic carbocycles. The zero-order valence-corrected chi connectivity index (χ0v) is 46.2. The minimum Gasteiger partial charge on any atom is -0.468 e. The van der Waals surface area contributed by atoms with Crippen LogP contribution in [-0.2, 0) is 35.3 Å². The van der Waals surface area contributed by atoms with Crippen molar-refractivity contribution in [2.75, 3.05) is 83.3 Å². The Kier molecular flexibility index (Phi) is 18.3. The fourth-order valence-corrected chi connectivity index (χ4v) is 10.9. The molecule has 3 aromatic carbocycles. The van der Waals surface area contributed by atoms with E-state index in [2.05, 4.69) is 46.1 Å². The van der Waals surface area contributed by atoms with Crippen molar-refractivity contribution in [2.45, 2.75) is 89.6 Å². The number of ether oxygens (including phenoxy) is 1. The third kappa shape index (κ3) is 13.6. The van der Waals surface area contributed by atoms with Crippen molar-refractivity contribution < 1.29 is 47.5 Å². The number of hydrogen-bond acceptors (Lipinski definition) is 15. The molecule has 3 aromatic heterocycles. The normalized spacial score (nSPS) is 15.7. The summed E-state index contributed by atoms with van der Waals surface area (Å²) in [5, 5.41) is 20.6. The van der Waals surface area contributed by atoms with Gasteiger partial charge in [0, 0.05) is 94.1 Å². The molecule has 0 unspecified atom stereocenters. The zero-order chi connectivity index (χ0) is 58.0. The van der Waals surface area contributed by atoms with Crippen molar-refractivity contribution in [3.05, 3.63) is 89.8 Å². The number of unbranched alkanes of at least 4 members (excludes halogenated alkanes) is 2. The SMILES string of the molecule is COC(=O)CNC(=O)CNC(=O)Cn1nc(C)c2c(-c3cc4c(cnn4C(=O)CCC(=O)NCCCCCC(=O)N4CCC(c5ccc(Nc6nc(N7CCC[C@@H](N8CCN(C)C8=O)C7)cnc6C(N)=O)cc5)CC4)cc3F)cccc21. The first-order chi connectivity index (χ1) is 39.5. The Labute approximate surface area is 472 Å². The van der Waals surface area contributed by atoms with Crippen LogP contribution < -0.4 is 31.9 Å². The van der Waals surface area contributed by atoms with Gasteiger partial charge in [0.05, 0.1) is 48.8 Å². The standard InChI is InChI=1S/C57H68FN15O9/c1-35-53-41(10-7-11-44(53)72(67-35)34-49(76)61-31-48(75)62-32-52(79)82-3)42-28-45-38(27-43(42)58)29-64-73(45)51(78)18-17-47(74)60-21-6-4-5-12-50(77)69-23-19-37(20-24-69)36-13-15-39(16-14-36)65-56-54(55(59)80)63-30-46(66-56)70-22-8-9-40(33-70)71-26-25-68(2)57(71)81/h7,10-11,13-16,27-30,37,40H,4-6,8-9,12,17-26,31-34H2,1-3H3,(H2,59,80)(H,60,74)(H,61,76)(H,62,75)(H,65,66)/t40-/m1/s1. The number of nitrogens with one attached hydrogen (secondary N) is 4. The van der Waals surface area contributed by atoms with Gasteiger partial charge in [0.25, 0.3) is 5.91 Å². The summed E-state index contributed by atoms with van der Waals surface area (Å²) >= 11 is 0. The van der Waals surface area contributed by atoms with Gasteiger partial charge >= 0.3 is 12.0 Å². The van der Waals surface area contributed by atoms with E-state index < -0.39 is 35.4 Å². The van der Waals surface area contributed by atoms with Gasteiger partial charge in [0.15, 0.2) is 11.5 Å². The van der Waals surface area contributed by atoms with Gasteiger partial charge in [0.2, 0.25) is 29.5 Å². The second-order valence-electron chi connectivity index (χ2n) is 20.9. The summed E-state index contributed by atoms with van der Waals surface area (Å²) < 4.78 is 22.9. The van der Waals surface area contributed by atoms with Gasteiger partial charge < -0.3 is 51.3 Å². The van der Waals surface area contributed by atoms with Crippen LogP contribution in [0.2, 0.25) is 0 Å². The number of esters is 1. The molecule has 9 rings (SSSR count). The first-order valence-electron chi connectivity index (χ1n) is 27.7. The molecule has 432 valence electrons. The lowest BCUT2D eigenvalue weighted by molar-refractivity contribution is -0.141. The number of piperidine rings is 2. The quantitative estimate of drug-likeness (QED) is 0.0466. The van der Waals surface area contributed by atoms with Gasteiger partial charge in [0.1, 0.15) is 24.7 Å². The van der Waals surface area contributed by atoms with E-state index in [-0.39, 0.29) is 79.4 Å². The van der Waals surface area contributed by atoms with E-state index in [1.54, 1.807) is 36.2 Å². The highest BCUT2D eigenvalue weighted by molar-refractivity contribution is 6.01. The van der Waals surface area contributed by atoms with Crippen LogP contribution in [0.5, 0.6) is 0 Å². The van der Waals surface area contributed by atoms with Crippen molar-refractivity contribution in [1.82, 2.24) is 60.2 Å². The minimum absolute atomic E-state index is 0.0324. The minimum atomic E-state index is -0.697. The van der Waals surface area contributed by atoms with E-state index in [1.165, 1.54) is 30.1 Å². The number of fused-ring (bicyclic) bond motifs is 2. The molecule has 82 heavy (non-hydrogen) atoms. The van der Waals surface area contributed by atoms with Crippen LogP contribution >= 0.6 is 0 Å². The summed E-state index contributed by atoms with van der Waals surface area (Å²) in [5.74, 6) is -2.52. The van der Waals surface area contributed by atoms with E-state index in [1.807, 2.05) is 41.1 Å². The lowest BCUT2D eigenvalue weighted by Crippen LogP contribution is -2.49. The largest absolute Gasteiger partial charge is 0.468 e. The third-order valence-electron chi connectivity index (χ3n) is 15.4. The topological polar surface area (TPSA) is 294 Å². The highest BCUT2D eigenvalue weighted by atomic mass is 19.1. The third-order valence-corrected chi connectivity index (χ3v) is 15.4. The molecule has 0 spiro atoms. The van der Waals surface area contributed by atoms with Gasteiger partial charge in [-0.1, -0.05) is 30.7 Å². The van der Waals surface area contributed by atoms with E-state index in [4.69, 9.17) is 10.7 Å². The van der Waals surface area contributed by atoms with E-state index >= 15 is 4.39 Å². The van der Waals surface area contributed by atoms with Crippen LogP contribution in [0.25, 0.3) is 32.9 Å². The predicted molar refractivity (Wildman–Crippen MR) is 301 cm³/mol. The lowest BCUT2D eigenvalue weighted by atomic mass is 9.89. The second kappa shape index (κ2) is 26.0. The number of rotatable bonds is 22. The molecule has 0 radical (unpaired) electrons. The van der Waals surface area contributed by atoms with Gasteiger partial charge in [-0.2, -0.15) is 10.2 Å². The van der Waals surface area contributed by atoms with Crippen LogP contribution in [0, 0.1) is 12.7 Å². The molecule has 0 saturated carbocycles. The van der Waals surface area contributed by atoms with Crippen LogP contribution in [0.1, 0.15) is 96.7 Å². The molecule has 6 heterocycles. The smallest absolute Gasteiger partial charge is 0.325 e. The Morgan fingerprint density at radius 1 is 0.793 bits per heavy atom. The number of primary amides is 1. The number of carbonyl (C=O) groups excluding carboxylic acids is 8. The number of aryl methyl sites for hydroxylation is 1. The molecule has 3 saturated heterocycles. The van der Waals surface area contributed by atoms with Crippen LogP contribution in [-0.4, -0.2) is 171 Å². The molecule has 3 aliphatic heterocycles. The molecule has 3 aliphatic rings. The molecule has 6 N–H and O–H groups in total. The van der Waals surface area contributed by atoms with Gasteiger partial charge in [-0.05, 0) is 92.8 Å². The highest BCUT2D eigenvalue weighted by Crippen LogP contribution is 2.36. The van der Waals surface area contributed by atoms with E-state index in [0.29, 0.717) is 97.4 Å². The average Bonchev–Trinajstić information content (AvgIpc) is 4.37. The molecule has 3 fully saturated rings. The van der Waals surface area contributed by atoms with Crippen molar-refractivity contribution in [2.24, 2.45) is 5.73 Å².